The lowest BCUT2D eigenvalue weighted by molar-refractivity contribution is 0.0706. The highest BCUT2D eigenvalue weighted by atomic mass is 35.5. The van der Waals surface area contributed by atoms with E-state index in [4.69, 9.17) is 16.8 Å². The number of carbonyl (C=O) groups excluding carboxylic acids is 1. The second-order valence-electron chi connectivity index (χ2n) is 5.89. The molecule has 0 unspecified atom stereocenters. The summed E-state index contributed by atoms with van der Waals surface area (Å²) >= 11 is 7.70. The monoisotopic (exact) mass is 384 g/mol. The molecule has 4 aromatic rings. The van der Waals surface area contributed by atoms with Gasteiger partial charge in [0.1, 0.15) is 0 Å². The van der Waals surface area contributed by atoms with Gasteiger partial charge in [-0.25, -0.2) is 5.48 Å². The number of thiophene rings is 1. The first-order chi connectivity index (χ1) is 12.6. The smallest absolute Gasteiger partial charge is 0.274 e. The molecule has 0 aliphatic rings. The van der Waals surface area contributed by atoms with Crippen LogP contribution in [0.3, 0.4) is 0 Å². The van der Waals surface area contributed by atoms with Crippen LogP contribution in [-0.4, -0.2) is 15.7 Å². The Balaban J connectivity index is 1.81. The number of pyridine rings is 1. The van der Waals surface area contributed by atoms with Crippen molar-refractivity contribution in [1.82, 2.24) is 10.0 Å². The van der Waals surface area contributed by atoms with Gasteiger partial charge >= 0.3 is 0 Å². The van der Waals surface area contributed by atoms with Gasteiger partial charge in [0, 0.05) is 26.9 Å². The number of nitrogens with zero attached hydrogens (tertiary/aromatic N) is 1. The van der Waals surface area contributed by atoms with Crippen molar-refractivity contribution < 1.29 is 10.0 Å². The van der Waals surface area contributed by atoms with Crippen LogP contribution < -0.4 is 11.0 Å². The number of hydrogen-bond donors (Lipinski definition) is 2. The summed E-state index contributed by atoms with van der Waals surface area (Å²) in [5, 5.41) is 13.7. The molecule has 0 fully saturated rings. The summed E-state index contributed by atoms with van der Waals surface area (Å²) in [6.45, 7) is 0.408. The quantitative estimate of drug-likeness (QED) is 0.413. The first-order valence-corrected chi connectivity index (χ1v) is 9.06. The Labute approximate surface area is 157 Å². The predicted octanol–water partition coefficient (Wildman–Crippen LogP) is 4.04. The van der Waals surface area contributed by atoms with Crippen LogP contribution in [0.2, 0.25) is 5.02 Å². The van der Waals surface area contributed by atoms with Crippen LogP contribution in [-0.2, 0) is 6.54 Å². The van der Waals surface area contributed by atoms with E-state index in [9.17, 15) is 9.59 Å². The summed E-state index contributed by atoms with van der Waals surface area (Å²) < 4.78 is 2.71. The standard InChI is InChI=1S/C19H13ClN2O3S/c20-14-3-4-17-15(8-14)13(10-26-17)9-22-6-5-11-1-2-12(18(23)21-25)7-16(11)19(22)24/h1-8,10,25H,9H2,(H,21,23). The summed E-state index contributed by atoms with van der Waals surface area (Å²) in [5.74, 6) is -0.653. The van der Waals surface area contributed by atoms with Crippen molar-refractivity contribution in [2.45, 2.75) is 6.54 Å². The normalized spacial score (nSPS) is 11.2. The first kappa shape index (κ1) is 16.8. The molecule has 0 aliphatic carbocycles. The third-order valence-corrected chi connectivity index (χ3v) is 5.55. The Bertz CT molecular complexity index is 1210. The molecule has 2 aromatic heterocycles. The molecule has 0 atom stereocenters. The molecule has 2 heterocycles. The van der Waals surface area contributed by atoms with Gasteiger partial charge in [0.25, 0.3) is 11.5 Å². The Morgan fingerprint density at radius 1 is 1.15 bits per heavy atom. The molecule has 1 amide bonds. The molecule has 2 aromatic carbocycles. The maximum absolute atomic E-state index is 12.9. The van der Waals surface area contributed by atoms with Crippen molar-refractivity contribution in [3.05, 3.63) is 80.5 Å². The molecular formula is C19H13ClN2O3S. The number of nitrogens with one attached hydrogen (secondary N) is 1. The van der Waals surface area contributed by atoms with Gasteiger partial charge in [-0.05, 0) is 58.1 Å². The number of rotatable bonds is 3. The van der Waals surface area contributed by atoms with Crippen LogP contribution in [0.25, 0.3) is 20.9 Å². The van der Waals surface area contributed by atoms with Gasteiger partial charge in [0.15, 0.2) is 0 Å². The fraction of sp³-hybridized carbons (Fsp3) is 0.0526. The minimum Gasteiger partial charge on any atom is -0.311 e. The molecule has 26 heavy (non-hydrogen) atoms. The van der Waals surface area contributed by atoms with Crippen molar-refractivity contribution in [1.29, 1.82) is 0 Å². The maximum Gasteiger partial charge on any atom is 0.274 e. The van der Waals surface area contributed by atoms with E-state index in [1.807, 2.05) is 29.6 Å². The average Bonchev–Trinajstić information content (AvgIpc) is 3.05. The lowest BCUT2D eigenvalue weighted by Gasteiger charge is -2.08. The minimum atomic E-state index is -0.653. The van der Waals surface area contributed by atoms with Crippen molar-refractivity contribution in [2.75, 3.05) is 0 Å². The Morgan fingerprint density at radius 3 is 2.81 bits per heavy atom. The van der Waals surface area contributed by atoms with E-state index < -0.39 is 5.91 Å². The molecule has 2 N–H and O–H groups in total. The van der Waals surface area contributed by atoms with Crippen molar-refractivity contribution in [2.24, 2.45) is 0 Å². The predicted molar refractivity (Wildman–Crippen MR) is 103 cm³/mol. The summed E-state index contributed by atoms with van der Waals surface area (Å²) in [6.07, 6.45) is 1.74. The molecule has 0 saturated heterocycles. The zero-order valence-corrected chi connectivity index (χ0v) is 15.0. The second kappa shape index (κ2) is 6.57. The molecule has 0 radical (unpaired) electrons. The molecule has 7 heteroatoms. The van der Waals surface area contributed by atoms with E-state index >= 15 is 0 Å². The van der Waals surface area contributed by atoms with Crippen LogP contribution >= 0.6 is 22.9 Å². The number of hydroxylamine groups is 1. The lowest BCUT2D eigenvalue weighted by atomic mass is 10.1. The largest absolute Gasteiger partial charge is 0.311 e. The van der Waals surface area contributed by atoms with Crippen LogP contribution in [0.1, 0.15) is 15.9 Å². The average molecular weight is 385 g/mol. The number of carbonyl (C=O) groups is 1. The first-order valence-electron chi connectivity index (χ1n) is 7.80. The zero-order valence-electron chi connectivity index (χ0n) is 13.4. The van der Waals surface area contributed by atoms with Gasteiger partial charge in [0.2, 0.25) is 0 Å². The van der Waals surface area contributed by atoms with Crippen molar-refractivity contribution in [3.8, 4) is 0 Å². The van der Waals surface area contributed by atoms with Crippen LogP contribution in [0.5, 0.6) is 0 Å². The molecule has 0 bridgehead atoms. The summed E-state index contributed by atoms with van der Waals surface area (Å²) in [7, 11) is 0. The fourth-order valence-corrected chi connectivity index (χ4v) is 4.08. The number of aromatic nitrogens is 1. The maximum atomic E-state index is 12.9. The number of halogens is 1. The number of hydrogen-bond acceptors (Lipinski definition) is 4. The van der Waals surface area contributed by atoms with Crippen molar-refractivity contribution >= 4 is 49.7 Å². The molecule has 0 saturated carbocycles. The van der Waals surface area contributed by atoms with Gasteiger partial charge < -0.3 is 4.57 Å². The number of fused-ring (bicyclic) bond motifs is 2. The molecule has 4 rings (SSSR count). The van der Waals surface area contributed by atoms with E-state index in [-0.39, 0.29) is 11.1 Å². The highest BCUT2D eigenvalue weighted by molar-refractivity contribution is 7.17. The summed E-state index contributed by atoms with van der Waals surface area (Å²) in [6, 6.07) is 12.3. The number of amides is 1. The molecule has 130 valence electrons. The third kappa shape index (κ3) is 2.88. The number of benzene rings is 2. The topological polar surface area (TPSA) is 71.3 Å². The van der Waals surface area contributed by atoms with E-state index in [1.165, 1.54) is 6.07 Å². The van der Waals surface area contributed by atoms with Crippen LogP contribution in [0.15, 0.2) is 58.8 Å². The van der Waals surface area contributed by atoms with Crippen LogP contribution in [0.4, 0.5) is 0 Å². The second-order valence-corrected chi connectivity index (χ2v) is 7.24. The van der Waals surface area contributed by atoms with Gasteiger partial charge in [-0.1, -0.05) is 17.7 Å². The molecule has 0 aliphatic heterocycles. The van der Waals surface area contributed by atoms with Gasteiger partial charge in [-0.15, -0.1) is 11.3 Å². The Morgan fingerprint density at radius 2 is 2.00 bits per heavy atom. The van der Waals surface area contributed by atoms with Gasteiger partial charge in [0.05, 0.1) is 6.54 Å². The highest BCUT2D eigenvalue weighted by Gasteiger charge is 2.11. The van der Waals surface area contributed by atoms with Crippen molar-refractivity contribution in [3.63, 3.8) is 0 Å². The zero-order chi connectivity index (χ0) is 18.3. The van der Waals surface area contributed by atoms with Gasteiger partial charge in [-0.2, -0.15) is 0 Å². The van der Waals surface area contributed by atoms with E-state index in [1.54, 1.807) is 39.7 Å². The SMILES string of the molecule is O=C(NO)c1ccc2ccn(Cc3csc4ccc(Cl)cc34)c(=O)c2c1. The molecule has 5 nitrogen and oxygen atoms in total. The van der Waals surface area contributed by atoms with E-state index in [2.05, 4.69) is 0 Å². The lowest BCUT2D eigenvalue weighted by Crippen LogP contribution is -2.22. The summed E-state index contributed by atoms with van der Waals surface area (Å²) in [5.41, 5.74) is 2.62. The molecular weight excluding hydrogens is 372 g/mol. The minimum absolute atomic E-state index is 0.198. The van der Waals surface area contributed by atoms with E-state index in [0.29, 0.717) is 17.0 Å². The Kier molecular flexibility index (Phi) is 4.24. The fourth-order valence-electron chi connectivity index (χ4n) is 2.97. The third-order valence-electron chi connectivity index (χ3n) is 4.30. The van der Waals surface area contributed by atoms with Crippen LogP contribution in [0, 0.1) is 0 Å². The molecule has 0 spiro atoms. The van der Waals surface area contributed by atoms with Gasteiger partial charge in [-0.3, -0.25) is 14.8 Å². The summed E-state index contributed by atoms with van der Waals surface area (Å²) in [4.78, 5) is 24.5. The highest BCUT2D eigenvalue weighted by Crippen LogP contribution is 2.29. The Hall–Kier alpha value is -2.67. The van der Waals surface area contributed by atoms with E-state index in [0.717, 1.165) is 21.0 Å².